The van der Waals surface area contributed by atoms with Gasteiger partial charge in [0.2, 0.25) is 5.95 Å². The van der Waals surface area contributed by atoms with E-state index < -0.39 is 4.92 Å². The van der Waals surface area contributed by atoms with Crippen molar-refractivity contribution < 1.29 is 9.72 Å². The summed E-state index contributed by atoms with van der Waals surface area (Å²) >= 11 is 0. The van der Waals surface area contributed by atoms with Gasteiger partial charge in [0.1, 0.15) is 5.56 Å². The van der Waals surface area contributed by atoms with Gasteiger partial charge in [0.25, 0.3) is 11.6 Å². The van der Waals surface area contributed by atoms with Crippen LogP contribution in [0.15, 0.2) is 24.3 Å². The van der Waals surface area contributed by atoms with Crippen molar-refractivity contribution in [2.45, 2.75) is 82.7 Å². The zero-order valence-corrected chi connectivity index (χ0v) is 18.0. The molecule has 31 heavy (non-hydrogen) atoms. The van der Waals surface area contributed by atoms with E-state index >= 15 is 0 Å². The lowest BCUT2D eigenvalue weighted by Crippen LogP contribution is -2.61. The molecule has 2 aliphatic carbocycles. The number of carbonyl (C=O) groups is 1. The number of benzene rings is 1. The molecule has 2 saturated carbocycles. The highest BCUT2D eigenvalue weighted by Crippen LogP contribution is 2.53. The Balaban J connectivity index is 1.68. The van der Waals surface area contributed by atoms with Crippen molar-refractivity contribution in [3.05, 3.63) is 45.8 Å². The van der Waals surface area contributed by atoms with Crippen molar-refractivity contribution >= 4 is 17.5 Å². The topological polar surface area (TPSA) is 94.2 Å². The van der Waals surface area contributed by atoms with E-state index in [1.165, 1.54) is 25.3 Å². The highest BCUT2D eigenvalue weighted by atomic mass is 16.6. The monoisotopic (exact) mass is 423 g/mol. The second-order valence-corrected chi connectivity index (χ2v) is 9.17. The van der Waals surface area contributed by atoms with Crippen molar-refractivity contribution in [1.82, 2.24) is 14.8 Å². The van der Waals surface area contributed by atoms with Crippen LogP contribution in [0, 0.1) is 16.0 Å². The number of hydrogen-bond acceptors (Lipinski definition) is 5. The zero-order chi connectivity index (χ0) is 21.6. The second-order valence-electron chi connectivity index (χ2n) is 9.17. The number of hydrogen-bond donors (Lipinski definition) is 0. The summed E-state index contributed by atoms with van der Waals surface area (Å²) in [5.74, 6) is 1.31. The highest BCUT2D eigenvalue weighted by molar-refractivity contribution is 6.08. The SMILES string of the molecule is CCc1nc2n(n1)C1(CCCCC1)[C@@H]1CCCC[C@@H]1N2C(=O)c1ccccc1[N+](=O)[O-]. The Morgan fingerprint density at radius 3 is 2.65 bits per heavy atom. The van der Waals surface area contributed by atoms with Gasteiger partial charge in [-0.1, -0.05) is 51.2 Å². The summed E-state index contributed by atoms with van der Waals surface area (Å²) in [5.41, 5.74) is -0.109. The number of amides is 1. The Hall–Kier alpha value is -2.77. The number of anilines is 1. The predicted molar refractivity (Wildman–Crippen MR) is 116 cm³/mol. The number of nitro groups is 1. The molecule has 2 heterocycles. The van der Waals surface area contributed by atoms with Crippen LogP contribution in [0.3, 0.4) is 0 Å². The summed E-state index contributed by atoms with van der Waals surface area (Å²) in [6.07, 6.45) is 10.6. The number of aryl methyl sites for hydroxylation is 1. The van der Waals surface area contributed by atoms with E-state index in [1.54, 1.807) is 23.1 Å². The van der Waals surface area contributed by atoms with E-state index in [9.17, 15) is 14.9 Å². The molecule has 8 nitrogen and oxygen atoms in total. The van der Waals surface area contributed by atoms with Crippen molar-refractivity contribution in [3.63, 3.8) is 0 Å². The van der Waals surface area contributed by atoms with E-state index in [2.05, 4.69) is 4.68 Å². The maximum Gasteiger partial charge on any atom is 0.282 e. The minimum absolute atomic E-state index is 0.0144. The van der Waals surface area contributed by atoms with E-state index in [-0.39, 0.29) is 28.7 Å². The molecule has 164 valence electrons. The van der Waals surface area contributed by atoms with Crippen LogP contribution in [0.5, 0.6) is 0 Å². The molecule has 2 atom stereocenters. The minimum Gasteiger partial charge on any atom is -0.273 e. The standard InChI is InChI=1S/C23H29N5O3/c1-2-20-24-22-26(21(29)16-10-4-6-12-18(16)28(30)31)19-13-7-5-11-17(19)23(27(22)25-20)14-8-3-9-15-23/h4,6,10,12,17,19H,2-3,5,7-9,11,13-15H2,1H3/t17-,19+/m1/s1. The molecule has 0 unspecified atom stereocenters. The molecule has 1 spiro atoms. The number of para-hydroxylation sites is 1. The molecule has 1 aromatic carbocycles. The van der Waals surface area contributed by atoms with Crippen LogP contribution < -0.4 is 4.90 Å². The predicted octanol–water partition coefficient (Wildman–Crippen LogP) is 4.63. The van der Waals surface area contributed by atoms with Gasteiger partial charge in [-0.05, 0) is 31.7 Å². The molecular formula is C23H29N5O3. The third kappa shape index (κ3) is 3.06. The number of fused-ring (bicyclic) bond motifs is 4. The number of rotatable bonds is 3. The zero-order valence-electron chi connectivity index (χ0n) is 18.0. The first-order valence-corrected chi connectivity index (χ1v) is 11.6. The Morgan fingerprint density at radius 2 is 1.90 bits per heavy atom. The van der Waals surface area contributed by atoms with Gasteiger partial charge in [-0.2, -0.15) is 10.1 Å². The van der Waals surface area contributed by atoms with E-state index in [0.717, 1.165) is 44.3 Å². The fourth-order valence-corrected chi connectivity index (χ4v) is 6.23. The molecule has 0 saturated heterocycles. The molecule has 0 radical (unpaired) electrons. The summed E-state index contributed by atoms with van der Waals surface area (Å²) in [5, 5.41) is 16.5. The fourth-order valence-electron chi connectivity index (χ4n) is 6.23. The Kier molecular flexibility index (Phi) is 5.02. The maximum atomic E-state index is 13.9. The average Bonchev–Trinajstić information content (AvgIpc) is 3.25. The Morgan fingerprint density at radius 1 is 1.16 bits per heavy atom. The molecule has 1 aromatic heterocycles. The van der Waals surface area contributed by atoms with Crippen molar-refractivity contribution in [3.8, 4) is 0 Å². The number of aromatic nitrogens is 3. The maximum absolute atomic E-state index is 13.9. The van der Waals surface area contributed by atoms with Crippen LogP contribution in [0.1, 0.15) is 80.9 Å². The van der Waals surface area contributed by atoms with Gasteiger partial charge in [0, 0.05) is 24.4 Å². The Labute approximate surface area is 181 Å². The van der Waals surface area contributed by atoms with E-state index in [4.69, 9.17) is 10.1 Å². The molecule has 3 aliphatic rings. The first kappa shape index (κ1) is 20.2. The first-order valence-electron chi connectivity index (χ1n) is 11.6. The minimum atomic E-state index is -0.472. The first-order chi connectivity index (χ1) is 15.1. The molecular weight excluding hydrogens is 394 g/mol. The van der Waals surface area contributed by atoms with Crippen molar-refractivity contribution in [1.29, 1.82) is 0 Å². The van der Waals surface area contributed by atoms with Gasteiger partial charge in [0.05, 0.1) is 10.5 Å². The van der Waals surface area contributed by atoms with E-state index in [0.29, 0.717) is 18.3 Å². The number of nitro benzene ring substituents is 1. The van der Waals surface area contributed by atoms with Crippen LogP contribution in [0.2, 0.25) is 0 Å². The second kappa shape index (κ2) is 7.73. The molecule has 8 heteroatoms. The summed E-state index contributed by atoms with van der Waals surface area (Å²) in [7, 11) is 0. The fraction of sp³-hybridized carbons (Fsp3) is 0.609. The lowest BCUT2D eigenvalue weighted by Gasteiger charge is -2.55. The van der Waals surface area contributed by atoms with Crippen LogP contribution in [-0.2, 0) is 12.0 Å². The number of nitrogens with zero attached hydrogens (tertiary/aromatic N) is 5. The molecule has 2 aromatic rings. The Bertz CT molecular complexity index is 1010. The molecule has 1 amide bonds. The molecule has 2 fully saturated rings. The van der Waals surface area contributed by atoms with Gasteiger partial charge >= 0.3 is 0 Å². The van der Waals surface area contributed by atoms with Gasteiger partial charge in [0.15, 0.2) is 5.82 Å². The number of carbonyl (C=O) groups excluding carboxylic acids is 1. The summed E-state index contributed by atoms with van der Waals surface area (Å²) < 4.78 is 2.06. The lowest BCUT2D eigenvalue weighted by molar-refractivity contribution is -0.385. The lowest BCUT2D eigenvalue weighted by atomic mass is 9.64. The quantitative estimate of drug-likeness (QED) is 0.530. The third-order valence-electron chi connectivity index (χ3n) is 7.61. The van der Waals surface area contributed by atoms with E-state index in [1.807, 2.05) is 6.92 Å². The highest BCUT2D eigenvalue weighted by Gasteiger charge is 2.55. The normalized spacial score (nSPS) is 24.5. The largest absolute Gasteiger partial charge is 0.282 e. The molecule has 0 bridgehead atoms. The van der Waals surface area contributed by atoms with Crippen molar-refractivity contribution in [2.75, 3.05) is 4.90 Å². The van der Waals surface area contributed by atoms with Crippen molar-refractivity contribution in [2.24, 2.45) is 5.92 Å². The molecule has 5 rings (SSSR count). The van der Waals surface area contributed by atoms with Gasteiger partial charge in [-0.25, -0.2) is 4.68 Å². The average molecular weight is 424 g/mol. The van der Waals surface area contributed by atoms with Gasteiger partial charge < -0.3 is 0 Å². The van der Waals surface area contributed by atoms with Crippen LogP contribution in [0.4, 0.5) is 11.6 Å². The summed E-state index contributed by atoms with van der Waals surface area (Å²) in [4.78, 5) is 31.6. The summed E-state index contributed by atoms with van der Waals surface area (Å²) in [6.45, 7) is 2.02. The molecule has 0 N–H and O–H groups in total. The summed E-state index contributed by atoms with van der Waals surface area (Å²) in [6, 6.07) is 6.27. The van der Waals surface area contributed by atoms with Gasteiger partial charge in [-0.3, -0.25) is 19.8 Å². The van der Waals surface area contributed by atoms with Crippen LogP contribution in [0.25, 0.3) is 0 Å². The van der Waals surface area contributed by atoms with Crippen LogP contribution in [-0.4, -0.2) is 31.6 Å². The third-order valence-corrected chi connectivity index (χ3v) is 7.61. The smallest absolute Gasteiger partial charge is 0.273 e. The van der Waals surface area contributed by atoms with Crippen LogP contribution >= 0.6 is 0 Å². The molecule has 1 aliphatic heterocycles. The van der Waals surface area contributed by atoms with Gasteiger partial charge in [-0.15, -0.1) is 0 Å².